The third-order valence-electron chi connectivity index (χ3n) is 4.78. The zero-order chi connectivity index (χ0) is 20.6. The quantitative estimate of drug-likeness (QED) is 0.602. The van der Waals surface area contributed by atoms with E-state index >= 15 is 0 Å². The normalized spacial score (nSPS) is 18.4. The number of urea groups is 1. The molecule has 0 spiro atoms. The summed E-state index contributed by atoms with van der Waals surface area (Å²) in [5.74, 6) is 1.45. The summed E-state index contributed by atoms with van der Waals surface area (Å²) in [5.41, 5.74) is 2.11. The molecule has 7 nitrogen and oxygen atoms in total. The van der Waals surface area contributed by atoms with Gasteiger partial charge in [0.15, 0.2) is 0 Å². The van der Waals surface area contributed by atoms with Crippen molar-refractivity contribution in [2.24, 2.45) is 0 Å². The van der Waals surface area contributed by atoms with Gasteiger partial charge >= 0.3 is 6.03 Å². The van der Waals surface area contributed by atoms with Crippen molar-refractivity contribution in [1.82, 2.24) is 10.6 Å². The lowest BCUT2D eigenvalue weighted by Gasteiger charge is -2.18. The van der Waals surface area contributed by atoms with E-state index in [0.29, 0.717) is 12.4 Å². The standard InChI is InChI=1S/C22H28N2O5/c1-15-21(19-5-3-4-6-20(19)29-15)24-22(26)23-13-17(25)14-28-18-9-7-16(8-10-18)11-12-27-2/h3-10,15,17,21,25H,11-14H2,1-2H3,(H2,23,24,26). The number of carbonyl (C=O) groups excluding carboxylic acids is 1. The molecule has 1 heterocycles. The third kappa shape index (κ3) is 5.85. The van der Waals surface area contributed by atoms with Gasteiger partial charge in [-0.15, -0.1) is 0 Å². The highest BCUT2D eigenvalue weighted by molar-refractivity contribution is 5.75. The number of nitrogens with one attached hydrogen (secondary N) is 2. The molecule has 0 saturated heterocycles. The van der Waals surface area contributed by atoms with Crippen LogP contribution in [0.25, 0.3) is 0 Å². The lowest BCUT2D eigenvalue weighted by atomic mass is 10.1. The van der Waals surface area contributed by atoms with E-state index in [2.05, 4.69) is 10.6 Å². The highest BCUT2D eigenvalue weighted by Gasteiger charge is 2.32. The van der Waals surface area contributed by atoms with Crippen molar-refractivity contribution in [2.75, 3.05) is 26.9 Å². The number of hydrogen-bond acceptors (Lipinski definition) is 5. The highest BCUT2D eigenvalue weighted by Crippen LogP contribution is 2.35. The average molecular weight is 400 g/mol. The number of hydrogen-bond donors (Lipinski definition) is 3. The number of aliphatic hydroxyl groups excluding tert-OH is 1. The van der Waals surface area contributed by atoms with E-state index in [1.54, 1.807) is 7.11 Å². The van der Waals surface area contributed by atoms with E-state index in [1.165, 1.54) is 0 Å². The molecule has 7 heteroatoms. The minimum atomic E-state index is -0.821. The molecule has 3 rings (SSSR count). The maximum absolute atomic E-state index is 12.2. The van der Waals surface area contributed by atoms with Crippen molar-refractivity contribution >= 4 is 6.03 Å². The summed E-state index contributed by atoms with van der Waals surface area (Å²) >= 11 is 0. The second-order valence-corrected chi connectivity index (χ2v) is 7.04. The highest BCUT2D eigenvalue weighted by atomic mass is 16.5. The molecular weight excluding hydrogens is 372 g/mol. The van der Waals surface area contributed by atoms with Gasteiger partial charge in [0, 0.05) is 19.2 Å². The predicted molar refractivity (Wildman–Crippen MR) is 109 cm³/mol. The molecule has 0 aliphatic carbocycles. The first kappa shape index (κ1) is 21.0. The Morgan fingerprint density at radius 3 is 2.72 bits per heavy atom. The largest absolute Gasteiger partial charge is 0.491 e. The molecule has 3 N–H and O–H groups in total. The van der Waals surface area contributed by atoms with Crippen molar-refractivity contribution in [1.29, 1.82) is 0 Å². The lowest BCUT2D eigenvalue weighted by molar-refractivity contribution is 0.107. The second kappa shape index (κ2) is 10.1. The maximum Gasteiger partial charge on any atom is 0.315 e. The molecule has 0 saturated carbocycles. The third-order valence-corrected chi connectivity index (χ3v) is 4.78. The SMILES string of the molecule is COCCc1ccc(OCC(O)CNC(=O)NC2c3ccccc3OC2C)cc1. The molecule has 0 aromatic heterocycles. The Hall–Kier alpha value is -2.77. The Bertz CT molecular complexity index is 796. The molecule has 0 fully saturated rings. The van der Waals surface area contributed by atoms with Crippen LogP contribution in [0.1, 0.15) is 24.1 Å². The summed E-state index contributed by atoms with van der Waals surface area (Å²) in [6.07, 6.45) is -0.134. The number of rotatable bonds is 9. The molecule has 0 bridgehead atoms. The van der Waals surface area contributed by atoms with Crippen molar-refractivity contribution in [2.45, 2.75) is 31.6 Å². The smallest absolute Gasteiger partial charge is 0.315 e. The van der Waals surface area contributed by atoms with Gasteiger partial charge in [-0.05, 0) is 37.1 Å². The number of fused-ring (bicyclic) bond motifs is 1. The predicted octanol–water partition coefficient (Wildman–Crippen LogP) is 2.44. The molecule has 2 amide bonds. The lowest BCUT2D eigenvalue weighted by Crippen LogP contribution is -2.44. The van der Waals surface area contributed by atoms with Gasteiger partial charge in [-0.1, -0.05) is 30.3 Å². The average Bonchev–Trinajstić information content (AvgIpc) is 3.05. The van der Waals surface area contributed by atoms with Gasteiger partial charge in [0.05, 0.1) is 12.6 Å². The van der Waals surface area contributed by atoms with Gasteiger partial charge in [-0.25, -0.2) is 4.79 Å². The Kier molecular flexibility index (Phi) is 7.32. The summed E-state index contributed by atoms with van der Waals surface area (Å²) in [7, 11) is 1.67. The summed E-state index contributed by atoms with van der Waals surface area (Å²) in [5, 5.41) is 15.7. The van der Waals surface area contributed by atoms with Gasteiger partial charge in [-0.2, -0.15) is 0 Å². The van der Waals surface area contributed by atoms with Crippen molar-refractivity contribution in [3.63, 3.8) is 0 Å². The molecular formula is C22H28N2O5. The number of aliphatic hydroxyl groups is 1. The van der Waals surface area contributed by atoms with E-state index in [0.717, 1.165) is 23.3 Å². The first-order chi connectivity index (χ1) is 14.1. The van der Waals surface area contributed by atoms with Crippen molar-refractivity contribution < 1.29 is 24.1 Å². The molecule has 3 unspecified atom stereocenters. The van der Waals surface area contributed by atoms with Crippen LogP contribution < -0.4 is 20.1 Å². The molecule has 2 aromatic rings. The van der Waals surface area contributed by atoms with Crippen LogP contribution in [0.4, 0.5) is 4.79 Å². The number of ether oxygens (including phenoxy) is 3. The zero-order valence-electron chi connectivity index (χ0n) is 16.8. The molecule has 2 aromatic carbocycles. The summed E-state index contributed by atoms with van der Waals surface area (Å²) in [6.45, 7) is 2.75. The first-order valence-corrected chi connectivity index (χ1v) is 9.75. The summed E-state index contributed by atoms with van der Waals surface area (Å²) in [6, 6.07) is 14.7. The monoisotopic (exact) mass is 400 g/mol. The van der Waals surface area contributed by atoms with Crippen LogP contribution in [-0.2, 0) is 11.2 Å². The Balaban J connectivity index is 1.39. The number of benzene rings is 2. The Morgan fingerprint density at radius 1 is 1.21 bits per heavy atom. The van der Waals surface area contributed by atoms with Gasteiger partial charge < -0.3 is 30.0 Å². The molecule has 1 aliphatic heterocycles. The molecule has 0 radical (unpaired) electrons. The van der Waals surface area contributed by atoms with Gasteiger partial charge in [0.25, 0.3) is 0 Å². The maximum atomic E-state index is 12.2. The first-order valence-electron chi connectivity index (χ1n) is 9.75. The zero-order valence-corrected chi connectivity index (χ0v) is 16.8. The van der Waals surface area contributed by atoms with Crippen LogP contribution in [-0.4, -0.2) is 50.2 Å². The van der Waals surface area contributed by atoms with Crippen LogP contribution >= 0.6 is 0 Å². The van der Waals surface area contributed by atoms with Gasteiger partial charge in [0.1, 0.15) is 30.3 Å². The Morgan fingerprint density at radius 2 is 1.97 bits per heavy atom. The van der Waals surface area contributed by atoms with Gasteiger partial charge in [0.2, 0.25) is 0 Å². The fourth-order valence-electron chi connectivity index (χ4n) is 3.19. The fraction of sp³-hybridized carbons (Fsp3) is 0.409. The van der Waals surface area contributed by atoms with Crippen LogP contribution in [0.5, 0.6) is 11.5 Å². The molecule has 1 aliphatic rings. The summed E-state index contributed by atoms with van der Waals surface area (Å²) in [4.78, 5) is 12.2. The van der Waals surface area contributed by atoms with E-state index in [1.807, 2.05) is 55.5 Å². The Labute approximate surface area is 171 Å². The number of amides is 2. The summed E-state index contributed by atoms with van der Waals surface area (Å²) < 4.78 is 16.4. The van der Waals surface area contributed by atoms with Gasteiger partial charge in [-0.3, -0.25) is 0 Å². The number of carbonyl (C=O) groups is 1. The van der Waals surface area contributed by atoms with E-state index < -0.39 is 6.10 Å². The number of methoxy groups -OCH3 is 1. The van der Waals surface area contributed by atoms with Crippen LogP contribution in [0, 0.1) is 0 Å². The number of para-hydroxylation sites is 1. The van der Waals surface area contributed by atoms with E-state index in [4.69, 9.17) is 14.2 Å². The topological polar surface area (TPSA) is 89.0 Å². The molecule has 156 valence electrons. The fourth-order valence-corrected chi connectivity index (χ4v) is 3.19. The minimum absolute atomic E-state index is 0.0847. The van der Waals surface area contributed by atoms with Crippen LogP contribution in [0.15, 0.2) is 48.5 Å². The van der Waals surface area contributed by atoms with Crippen LogP contribution in [0.2, 0.25) is 0 Å². The van der Waals surface area contributed by atoms with Crippen molar-refractivity contribution in [3.8, 4) is 11.5 Å². The van der Waals surface area contributed by atoms with E-state index in [9.17, 15) is 9.90 Å². The minimum Gasteiger partial charge on any atom is -0.491 e. The van der Waals surface area contributed by atoms with E-state index in [-0.39, 0.29) is 31.3 Å². The van der Waals surface area contributed by atoms with Crippen molar-refractivity contribution in [3.05, 3.63) is 59.7 Å². The molecule has 29 heavy (non-hydrogen) atoms. The molecule has 3 atom stereocenters. The van der Waals surface area contributed by atoms with Crippen LogP contribution in [0.3, 0.4) is 0 Å². The second-order valence-electron chi connectivity index (χ2n) is 7.04.